The van der Waals surface area contributed by atoms with Gasteiger partial charge >= 0.3 is 5.97 Å². The zero-order valence-corrected chi connectivity index (χ0v) is 10.0. The van der Waals surface area contributed by atoms with E-state index < -0.39 is 5.97 Å². The van der Waals surface area contributed by atoms with Crippen molar-refractivity contribution < 1.29 is 9.53 Å². The number of hydrogen-bond acceptors (Lipinski definition) is 4. The lowest BCUT2D eigenvalue weighted by Gasteiger charge is -1.98. The number of methoxy groups -OCH3 is 1. The van der Waals surface area contributed by atoms with Crippen LogP contribution < -0.4 is 0 Å². The summed E-state index contributed by atoms with van der Waals surface area (Å²) in [6, 6.07) is 2.02. The first-order valence-electron chi connectivity index (χ1n) is 4.30. The Morgan fingerprint density at radius 1 is 1.73 bits per heavy atom. The summed E-state index contributed by atoms with van der Waals surface area (Å²) in [5.41, 5.74) is 1.05. The number of ether oxygens (including phenoxy) is 1. The number of rotatable bonds is 3. The van der Waals surface area contributed by atoms with Crippen molar-refractivity contribution in [2.45, 2.75) is 19.9 Å². The summed E-state index contributed by atoms with van der Waals surface area (Å²) in [7, 11) is 1.30. The van der Waals surface area contributed by atoms with Crippen molar-refractivity contribution in [2.24, 2.45) is 0 Å². The number of halogens is 1. The smallest absolute Gasteiger partial charge is 0.359 e. The van der Waals surface area contributed by atoms with Crippen LogP contribution in [0.3, 0.4) is 0 Å². The number of aromatic nitrogens is 2. The Kier molecular flexibility index (Phi) is 3.86. The molecule has 1 aromatic heterocycles. The van der Waals surface area contributed by atoms with E-state index in [-0.39, 0.29) is 5.69 Å². The maximum Gasteiger partial charge on any atom is 0.359 e. The van der Waals surface area contributed by atoms with Crippen LogP contribution in [-0.4, -0.2) is 22.9 Å². The minimum atomic E-state index is -0.485. The lowest BCUT2D eigenvalue weighted by atomic mass is 10.3. The number of esters is 1. The van der Waals surface area contributed by atoms with Crippen molar-refractivity contribution in [1.82, 2.24) is 9.78 Å². The molecule has 0 spiro atoms. The monoisotopic (exact) mass is 271 g/mol. The van der Waals surface area contributed by atoms with Crippen LogP contribution in [0.4, 0.5) is 0 Å². The zero-order chi connectivity index (χ0) is 11.4. The second-order valence-corrected chi connectivity index (χ2v) is 3.66. The molecule has 0 amide bonds. The predicted octanol–water partition coefficient (Wildman–Crippen LogP) is 1.65. The maximum atomic E-state index is 11.3. The first-order valence-corrected chi connectivity index (χ1v) is 5.09. The third-order valence-electron chi connectivity index (χ3n) is 1.95. The van der Waals surface area contributed by atoms with Crippen LogP contribution in [0.15, 0.2) is 4.47 Å². The van der Waals surface area contributed by atoms with Gasteiger partial charge in [-0.15, -0.1) is 0 Å². The van der Waals surface area contributed by atoms with Gasteiger partial charge in [-0.05, 0) is 22.9 Å². The zero-order valence-electron chi connectivity index (χ0n) is 8.45. The van der Waals surface area contributed by atoms with E-state index in [0.29, 0.717) is 17.4 Å². The molecule has 5 nitrogen and oxygen atoms in total. The highest BCUT2D eigenvalue weighted by Gasteiger charge is 2.18. The molecule has 0 saturated carbocycles. The molecule has 0 radical (unpaired) electrons. The Morgan fingerprint density at radius 3 is 2.93 bits per heavy atom. The molecule has 0 unspecified atom stereocenters. The molecule has 0 N–H and O–H groups in total. The molecule has 0 fully saturated rings. The second-order valence-electron chi connectivity index (χ2n) is 2.87. The Morgan fingerprint density at radius 2 is 2.40 bits per heavy atom. The van der Waals surface area contributed by atoms with E-state index in [1.54, 1.807) is 4.68 Å². The van der Waals surface area contributed by atoms with Crippen molar-refractivity contribution >= 4 is 21.9 Å². The highest BCUT2D eigenvalue weighted by molar-refractivity contribution is 9.10. The Balaban J connectivity index is 3.02. The van der Waals surface area contributed by atoms with Gasteiger partial charge in [0.1, 0.15) is 0 Å². The number of aryl methyl sites for hydroxylation is 1. The van der Waals surface area contributed by atoms with Gasteiger partial charge in [-0.3, -0.25) is 4.68 Å². The minimum absolute atomic E-state index is 0.243. The van der Waals surface area contributed by atoms with Crippen LogP contribution in [-0.2, 0) is 11.3 Å². The molecule has 15 heavy (non-hydrogen) atoms. The molecular formula is C9H10BrN3O2. The Bertz CT molecular complexity index is 420. The van der Waals surface area contributed by atoms with Gasteiger partial charge in [0.25, 0.3) is 0 Å². The van der Waals surface area contributed by atoms with E-state index >= 15 is 0 Å². The number of hydrogen-bond donors (Lipinski definition) is 0. The summed E-state index contributed by atoms with van der Waals surface area (Å²) in [6.07, 6.45) is 0.357. The van der Waals surface area contributed by atoms with E-state index in [1.807, 2.05) is 13.0 Å². The van der Waals surface area contributed by atoms with Crippen LogP contribution in [0.5, 0.6) is 0 Å². The number of carbonyl (C=O) groups is 1. The molecule has 0 saturated heterocycles. The third-order valence-corrected chi connectivity index (χ3v) is 2.90. The SMILES string of the molecule is COC(=O)c1nn(CCC#N)c(C)c1Br. The van der Waals surface area contributed by atoms with Crippen molar-refractivity contribution in [1.29, 1.82) is 5.26 Å². The molecule has 0 aliphatic heterocycles. The molecule has 0 aromatic carbocycles. The third kappa shape index (κ3) is 2.36. The normalized spacial score (nSPS) is 9.73. The summed E-state index contributed by atoms with van der Waals surface area (Å²) in [4.78, 5) is 11.3. The minimum Gasteiger partial charge on any atom is -0.464 e. The van der Waals surface area contributed by atoms with Crippen LogP contribution in [0.1, 0.15) is 22.6 Å². The van der Waals surface area contributed by atoms with Gasteiger partial charge in [0, 0.05) is 0 Å². The highest BCUT2D eigenvalue weighted by atomic mass is 79.9. The standard InChI is InChI=1S/C9H10BrN3O2/c1-6-7(10)8(9(14)15-2)12-13(6)5-3-4-11/h3,5H2,1-2H3. The average molecular weight is 272 g/mol. The molecule has 1 aromatic rings. The Hall–Kier alpha value is -1.35. The summed E-state index contributed by atoms with van der Waals surface area (Å²) in [5.74, 6) is -0.485. The Labute approximate surface area is 95.8 Å². The number of carbonyl (C=O) groups excluding carboxylic acids is 1. The average Bonchev–Trinajstić information content (AvgIpc) is 2.53. The van der Waals surface area contributed by atoms with E-state index in [2.05, 4.69) is 25.8 Å². The molecule has 1 rings (SSSR count). The lowest BCUT2D eigenvalue weighted by molar-refractivity contribution is 0.0592. The number of nitriles is 1. The van der Waals surface area contributed by atoms with Crippen LogP contribution in [0.2, 0.25) is 0 Å². The fraction of sp³-hybridized carbons (Fsp3) is 0.444. The van der Waals surface area contributed by atoms with Gasteiger partial charge in [0.05, 0.1) is 36.3 Å². The van der Waals surface area contributed by atoms with Crippen molar-refractivity contribution in [3.05, 3.63) is 15.9 Å². The van der Waals surface area contributed by atoms with Gasteiger partial charge in [0.2, 0.25) is 0 Å². The first kappa shape index (κ1) is 11.7. The fourth-order valence-corrected chi connectivity index (χ4v) is 1.57. The summed E-state index contributed by atoms with van der Waals surface area (Å²) in [6.45, 7) is 2.29. The largest absolute Gasteiger partial charge is 0.464 e. The van der Waals surface area contributed by atoms with E-state index in [9.17, 15) is 4.79 Å². The topological polar surface area (TPSA) is 67.9 Å². The van der Waals surface area contributed by atoms with E-state index in [1.165, 1.54) is 7.11 Å². The van der Waals surface area contributed by atoms with Gasteiger partial charge in [-0.1, -0.05) is 0 Å². The lowest BCUT2D eigenvalue weighted by Crippen LogP contribution is -2.06. The molecular weight excluding hydrogens is 262 g/mol. The van der Waals surface area contributed by atoms with Crippen molar-refractivity contribution in [3.63, 3.8) is 0 Å². The highest BCUT2D eigenvalue weighted by Crippen LogP contribution is 2.21. The molecule has 0 aliphatic rings. The summed E-state index contributed by atoms with van der Waals surface area (Å²) < 4.78 is 6.81. The van der Waals surface area contributed by atoms with Crippen molar-refractivity contribution in [3.8, 4) is 6.07 Å². The van der Waals surface area contributed by atoms with Crippen LogP contribution >= 0.6 is 15.9 Å². The second kappa shape index (κ2) is 4.94. The molecule has 80 valence electrons. The molecule has 0 aliphatic carbocycles. The van der Waals surface area contributed by atoms with E-state index in [4.69, 9.17) is 5.26 Å². The first-order chi connectivity index (χ1) is 7.11. The maximum absolute atomic E-state index is 11.3. The van der Waals surface area contributed by atoms with Crippen molar-refractivity contribution in [2.75, 3.05) is 7.11 Å². The molecule has 6 heteroatoms. The van der Waals surface area contributed by atoms with Gasteiger partial charge in [-0.2, -0.15) is 10.4 Å². The molecule has 0 bridgehead atoms. The van der Waals surface area contributed by atoms with Gasteiger partial charge in [0.15, 0.2) is 5.69 Å². The van der Waals surface area contributed by atoms with Gasteiger partial charge in [-0.25, -0.2) is 4.79 Å². The van der Waals surface area contributed by atoms with Gasteiger partial charge < -0.3 is 4.74 Å². The quantitative estimate of drug-likeness (QED) is 0.784. The van der Waals surface area contributed by atoms with Crippen LogP contribution in [0, 0.1) is 18.3 Å². The number of nitrogens with zero attached hydrogens (tertiary/aromatic N) is 3. The summed E-state index contributed by atoms with van der Waals surface area (Å²) in [5, 5.41) is 12.5. The molecule has 0 atom stereocenters. The fourth-order valence-electron chi connectivity index (χ4n) is 1.12. The van der Waals surface area contributed by atoms with E-state index in [0.717, 1.165) is 5.69 Å². The summed E-state index contributed by atoms with van der Waals surface area (Å²) >= 11 is 3.27. The molecule has 1 heterocycles. The predicted molar refractivity (Wildman–Crippen MR) is 56.2 cm³/mol. The van der Waals surface area contributed by atoms with Crippen LogP contribution in [0.25, 0.3) is 0 Å².